The van der Waals surface area contributed by atoms with Crippen molar-refractivity contribution in [1.29, 1.82) is 0 Å². The van der Waals surface area contributed by atoms with Crippen molar-refractivity contribution in [2.45, 2.75) is 32.6 Å². The van der Waals surface area contributed by atoms with E-state index in [0.717, 1.165) is 18.8 Å². The summed E-state index contributed by atoms with van der Waals surface area (Å²) in [5.41, 5.74) is 6.94. The quantitative estimate of drug-likeness (QED) is 0.663. The summed E-state index contributed by atoms with van der Waals surface area (Å²) in [6.07, 6.45) is 4.69. The Balaban J connectivity index is 2.15. The van der Waals surface area contributed by atoms with Gasteiger partial charge in [-0.25, -0.2) is 0 Å². The van der Waals surface area contributed by atoms with Gasteiger partial charge in [0, 0.05) is 18.1 Å². The number of hydrogen-bond acceptors (Lipinski definition) is 3. The highest BCUT2D eigenvalue weighted by Gasteiger charge is 2.33. The Labute approximate surface area is 72.7 Å². The normalized spacial score (nSPS) is 29.6. The van der Waals surface area contributed by atoms with Crippen LogP contribution in [0.5, 0.6) is 0 Å². The molecule has 0 aromatic rings. The van der Waals surface area contributed by atoms with E-state index in [1.807, 2.05) is 0 Å². The van der Waals surface area contributed by atoms with Crippen LogP contribution >= 0.6 is 0 Å². The van der Waals surface area contributed by atoms with Crippen LogP contribution in [-0.2, 0) is 0 Å². The lowest BCUT2D eigenvalue weighted by atomic mass is 9.92. The van der Waals surface area contributed by atoms with Gasteiger partial charge in [-0.15, -0.1) is 5.10 Å². The van der Waals surface area contributed by atoms with Crippen LogP contribution < -0.4 is 5.73 Å². The molecule has 3 heteroatoms. The molecule has 1 aliphatic heterocycles. The summed E-state index contributed by atoms with van der Waals surface area (Å²) < 4.78 is 0. The fourth-order valence-corrected chi connectivity index (χ4v) is 1.75. The topological polar surface area (TPSA) is 50.7 Å². The molecule has 1 aliphatic carbocycles. The molecule has 1 fully saturated rings. The summed E-state index contributed by atoms with van der Waals surface area (Å²) in [6, 6.07) is 0. The summed E-state index contributed by atoms with van der Waals surface area (Å²) in [6.45, 7) is 2.20. The largest absolute Gasteiger partial charge is 0.386 e. The summed E-state index contributed by atoms with van der Waals surface area (Å²) in [5.74, 6) is 2.02. The smallest absolute Gasteiger partial charge is 0.123 e. The standard InChI is InChI=1S/C9H15N3/c1-2-6-5-8(10)11-12-9(6)7-3-4-7/h6-7H,2-5H2,1H3,(H2,10,11). The minimum Gasteiger partial charge on any atom is -0.386 e. The van der Waals surface area contributed by atoms with Crippen molar-refractivity contribution in [3.05, 3.63) is 0 Å². The molecule has 0 saturated heterocycles. The van der Waals surface area contributed by atoms with Crippen LogP contribution in [-0.4, -0.2) is 11.5 Å². The zero-order valence-electron chi connectivity index (χ0n) is 7.45. The Bertz CT molecular complexity index is 238. The van der Waals surface area contributed by atoms with Gasteiger partial charge in [0.2, 0.25) is 0 Å². The first-order chi connectivity index (χ1) is 5.81. The van der Waals surface area contributed by atoms with Crippen LogP contribution in [0.25, 0.3) is 0 Å². The molecule has 0 radical (unpaired) electrons. The molecular formula is C9H15N3. The number of rotatable bonds is 2. The maximum atomic E-state index is 5.63. The van der Waals surface area contributed by atoms with Gasteiger partial charge in [0.15, 0.2) is 0 Å². The Kier molecular flexibility index (Phi) is 1.87. The first kappa shape index (κ1) is 7.77. The molecule has 3 nitrogen and oxygen atoms in total. The highest BCUT2D eigenvalue weighted by molar-refractivity contribution is 5.97. The van der Waals surface area contributed by atoms with E-state index in [1.54, 1.807) is 0 Å². The third-order valence-electron chi connectivity index (χ3n) is 2.66. The molecule has 1 unspecified atom stereocenters. The average molecular weight is 165 g/mol. The molecule has 0 spiro atoms. The van der Waals surface area contributed by atoms with Crippen LogP contribution in [0.2, 0.25) is 0 Å². The molecule has 0 amide bonds. The predicted molar refractivity (Wildman–Crippen MR) is 50.2 cm³/mol. The number of nitrogens with two attached hydrogens (primary N) is 1. The van der Waals surface area contributed by atoms with E-state index in [9.17, 15) is 0 Å². The van der Waals surface area contributed by atoms with Crippen LogP contribution in [0, 0.1) is 11.8 Å². The number of hydrogen-bond donors (Lipinski definition) is 1. The molecule has 1 atom stereocenters. The van der Waals surface area contributed by atoms with Gasteiger partial charge < -0.3 is 5.73 Å². The van der Waals surface area contributed by atoms with Crippen LogP contribution in [0.1, 0.15) is 32.6 Å². The number of amidine groups is 1. The van der Waals surface area contributed by atoms with Crippen molar-refractivity contribution in [2.75, 3.05) is 0 Å². The SMILES string of the molecule is CCC1CC(N)=NN=C1C1CC1. The van der Waals surface area contributed by atoms with Crippen LogP contribution in [0.3, 0.4) is 0 Å². The third kappa shape index (κ3) is 1.36. The maximum absolute atomic E-state index is 5.63. The van der Waals surface area contributed by atoms with Gasteiger partial charge in [-0.3, -0.25) is 0 Å². The molecule has 0 aromatic carbocycles. The minimum atomic E-state index is 0.579. The molecule has 2 N–H and O–H groups in total. The maximum Gasteiger partial charge on any atom is 0.123 e. The van der Waals surface area contributed by atoms with Gasteiger partial charge in [-0.1, -0.05) is 6.92 Å². The zero-order valence-corrected chi connectivity index (χ0v) is 7.45. The molecular weight excluding hydrogens is 150 g/mol. The van der Waals surface area contributed by atoms with Gasteiger partial charge in [0.25, 0.3) is 0 Å². The fraction of sp³-hybridized carbons (Fsp3) is 0.778. The predicted octanol–water partition coefficient (Wildman–Crippen LogP) is 1.54. The lowest BCUT2D eigenvalue weighted by Crippen LogP contribution is -2.27. The van der Waals surface area contributed by atoms with Crippen molar-refractivity contribution in [3.8, 4) is 0 Å². The lowest BCUT2D eigenvalue weighted by Gasteiger charge is -2.19. The summed E-state index contributed by atoms with van der Waals surface area (Å²) in [5, 5.41) is 8.16. The summed E-state index contributed by atoms with van der Waals surface area (Å²) in [4.78, 5) is 0. The van der Waals surface area contributed by atoms with E-state index in [4.69, 9.17) is 5.73 Å². The molecule has 66 valence electrons. The molecule has 0 aromatic heterocycles. The second-order valence-electron chi connectivity index (χ2n) is 3.70. The first-order valence-electron chi connectivity index (χ1n) is 4.71. The van der Waals surface area contributed by atoms with Crippen molar-refractivity contribution < 1.29 is 0 Å². The Hall–Kier alpha value is -0.860. The van der Waals surface area contributed by atoms with Gasteiger partial charge in [-0.05, 0) is 25.2 Å². The van der Waals surface area contributed by atoms with E-state index in [-0.39, 0.29) is 0 Å². The minimum absolute atomic E-state index is 0.579. The molecule has 1 heterocycles. The van der Waals surface area contributed by atoms with Crippen molar-refractivity contribution in [1.82, 2.24) is 0 Å². The summed E-state index contributed by atoms with van der Waals surface area (Å²) >= 11 is 0. The van der Waals surface area contributed by atoms with E-state index in [1.165, 1.54) is 18.6 Å². The zero-order chi connectivity index (χ0) is 8.55. The van der Waals surface area contributed by atoms with E-state index in [0.29, 0.717) is 11.8 Å². The Morgan fingerprint density at radius 1 is 1.42 bits per heavy atom. The van der Waals surface area contributed by atoms with E-state index < -0.39 is 0 Å². The number of nitrogens with zero attached hydrogens (tertiary/aromatic N) is 2. The molecule has 1 saturated carbocycles. The fourth-order valence-electron chi connectivity index (χ4n) is 1.75. The van der Waals surface area contributed by atoms with Crippen molar-refractivity contribution >= 4 is 11.5 Å². The Morgan fingerprint density at radius 3 is 2.75 bits per heavy atom. The van der Waals surface area contributed by atoms with Crippen molar-refractivity contribution in [2.24, 2.45) is 27.8 Å². The summed E-state index contributed by atoms with van der Waals surface area (Å²) in [7, 11) is 0. The molecule has 2 aliphatic rings. The van der Waals surface area contributed by atoms with E-state index in [2.05, 4.69) is 17.1 Å². The molecule has 12 heavy (non-hydrogen) atoms. The van der Waals surface area contributed by atoms with Crippen LogP contribution in [0.4, 0.5) is 0 Å². The van der Waals surface area contributed by atoms with Gasteiger partial charge in [0.05, 0.1) is 0 Å². The van der Waals surface area contributed by atoms with Gasteiger partial charge in [0.1, 0.15) is 5.84 Å². The second-order valence-corrected chi connectivity index (χ2v) is 3.70. The van der Waals surface area contributed by atoms with Gasteiger partial charge >= 0.3 is 0 Å². The van der Waals surface area contributed by atoms with Gasteiger partial charge in [-0.2, -0.15) is 5.10 Å². The second kappa shape index (κ2) is 2.88. The van der Waals surface area contributed by atoms with E-state index >= 15 is 0 Å². The first-order valence-corrected chi connectivity index (χ1v) is 4.71. The van der Waals surface area contributed by atoms with Crippen LogP contribution in [0.15, 0.2) is 10.2 Å². The molecule has 0 bridgehead atoms. The van der Waals surface area contributed by atoms with Crippen molar-refractivity contribution in [3.63, 3.8) is 0 Å². The highest BCUT2D eigenvalue weighted by Crippen LogP contribution is 2.36. The Morgan fingerprint density at radius 2 is 2.17 bits per heavy atom. The average Bonchev–Trinajstić information content (AvgIpc) is 2.87. The monoisotopic (exact) mass is 165 g/mol. The third-order valence-corrected chi connectivity index (χ3v) is 2.66. The molecule has 2 rings (SSSR count). The lowest BCUT2D eigenvalue weighted by molar-refractivity contribution is 0.656. The highest BCUT2D eigenvalue weighted by atomic mass is 15.2.